The number of rotatable bonds is 20. The average molecular weight is 507 g/mol. The van der Waals surface area contributed by atoms with Crippen molar-refractivity contribution in [1.29, 1.82) is 0 Å². The second-order valence-corrected chi connectivity index (χ2v) is 10.6. The van der Waals surface area contributed by atoms with E-state index in [1.165, 1.54) is 51.4 Å². The van der Waals surface area contributed by atoms with Crippen LogP contribution in [-0.2, 0) is 9.59 Å². The fourth-order valence-electron chi connectivity index (χ4n) is 5.25. The number of Topliss-reactive ketones (excluding diaryl/α,β-unsaturated/α-hetero) is 2. The van der Waals surface area contributed by atoms with Gasteiger partial charge in [-0.25, -0.2) is 0 Å². The molecule has 0 fully saturated rings. The molecule has 0 bridgehead atoms. The van der Waals surface area contributed by atoms with E-state index in [1.54, 1.807) is 13.8 Å². The smallest absolute Gasteiger partial charge is 0.137 e. The first kappa shape index (κ1) is 30.8. The molecule has 204 valence electrons. The van der Waals surface area contributed by atoms with Crippen LogP contribution in [0.3, 0.4) is 0 Å². The number of carbonyl (C=O) groups excluding carboxylic acids is 2. The van der Waals surface area contributed by atoms with Crippen LogP contribution in [0.25, 0.3) is 0 Å². The lowest BCUT2D eigenvalue weighted by molar-refractivity contribution is -0.119. The van der Waals surface area contributed by atoms with Crippen LogP contribution in [-0.4, -0.2) is 11.6 Å². The zero-order chi connectivity index (χ0) is 26.9. The van der Waals surface area contributed by atoms with E-state index in [4.69, 9.17) is 4.74 Å². The number of hydrogen-bond donors (Lipinski definition) is 0. The van der Waals surface area contributed by atoms with Crippen molar-refractivity contribution >= 4 is 11.6 Å². The second kappa shape index (κ2) is 17.9. The van der Waals surface area contributed by atoms with Gasteiger partial charge >= 0.3 is 0 Å². The first-order valence-electron chi connectivity index (χ1n) is 14.9. The Balaban J connectivity index is 2.16. The van der Waals surface area contributed by atoms with E-state index in [-0.39, 0.29) is 23.4 Å². The van der Waals surface area contributed by atoms with Crippen LogP contribution in [0, 0.1) is 0 Å². The zero-order valence-corrected chi connectivity index (χ0v) is 23.9. The summed E-state index contributed by atoms with van der Waals surface area (Å²) in [5.41, 5.74) is 1.90. The summed E-state index contributed by atoms with van der Waals surface area (Å²) in [6, 6.07) is 15.9. The molecule has 0 radical (unpaired) electrons. The first-order chi connectivity index (χ1) is 18.0. The van der Waals surface area contributed by atoms with Crippen LogP contribution in [0.4, 0.5) is 0 Å². The van der Waals surface area contributed by atoms with E-state index in [0.29, 0.717) is 0 Å². The highest BCUT2D eigenvalue weighted by atomic mass is 16.5. The number of ketones is 2. The first-order valence-corrected chi connectivity index (χ1v) is 14.9. The number of ether oxygens (including phenoxy) is 1. The molecule has 0 saturated heterocycles. The molecule has 0 amide bonds. The van der Waals surface area contributed by atoms with Crippen LogP contribution >= 0.6 is 0 Å². The van der Waals surface area contributed by atoms with E-state index in [1.807, 2.05) is 48.5 Å². The summed E-state index contributed by atoms with van der Waals surface area (Å²) >= 11 is 0. The molecule has 2 atom stereocenters. The van der Waals surface area contributed by atoms with Gasteiger partial charge in [-0.15, -0.1) is 0 Å². The molecule has 2 aromatic rings. The van der Waals surface area contributed by atoms with Crippen molar-refractivity contribution < 1.29 is 14.3 Å². The van der Waals surface area contributed by atoms with Crippen LogP contribution in [0.15, 0.2) is 48.5 Å². The molecule has 0 spiro atoms. The van der Waals surface area contributed by atoms with Crippen LogP contribution < -0.4 is 4.74 Å². The van der Waals surface area contributed by atoms with Crippen LogP contribution in [0.1, 0.15) is 141 Å². The Kier molecular flexibility index (Phi) is 14.9. The van der Waals surface area contributed by atoms with Gasteiger partial charge < -0.3 is 4.74 Å². The van der Waals surface area contributed by atoms with Crippen molar-refractivity contribution in [1.82, 2.24) is 0 Å². The molecule has 2 unspecified atom stereocenters. The second-order valence-electron chi connectivity index (χ2n) is 10.6. The van der Waals surface area contributed by atoms with Crippen molar-refractivity contribution in [3.63, 3.8) is 0 Å². The largest absolute Gasteiger partial charge is 0.457 e. The van der Waals surface area contributed by atoms with Gasteiger partial charge in [0.2, 0.25) is 0 Å². The Morgan fingerprint density at radius 2 is 0.919 bits per heavy atom. The molecule has 0 aliphatic heterocycles. The number of carbonyl (C=O) groups is 2. The molecular weight excluding hydrogens is 456 g/mol. The minimum absolute atomic E-state index is 0.165. The molecule has 3 heteroatoms. The quantitative estimate of drug-likeness (QED) is 0.168. The third kappa shape index (κ3) is 10.8. The lowest BCUT2D eigenvalue weighted by Gasteiger charge is -2.22. The highest BCUT2D eigenvalue weighted by Crippen LogP contribution is 2.38. The van der Waals surface area contributed by atoms with Gasteiger partial charge in [-0.1, -0.05) is 127 Å². The van der Waals surface area contributed by atoms with Gasteiger partial charge in [0, 0.05) is 23.0 Å². The van der Waals surface area contributed by atoms with E-state index in [2.05, 4.69) is 13.8 Å². The minimum Gasteiger partial charge on any atom is -0.457 e. The minimum atomic E-state index is -0.165. The van der Waals surface area contributed by atoms with E-state index >= 15 is 0 Å². The van der Waals surface area contributed by atoms with Gasteiger partial charge in [-0.05, 0) is 38.8 Å². The molecule has 0 saturated carbocycles. The van der Waals surface area contributed by atoms with Crippen LogP contribution in [0.2, 0.25) is 0 Å². The molecule has 0 aliphatic carbocycles. The van der Waals surface area contributed by atoms with Gasteiger partial charge in [-0.2, -0.15) is 0 Å². The summed E-state index contributed by atoms with van der Waals surface area (Å²) in [5, 5.41) is 0. The maximum atomic E-state index is 12.7. The van der Waals surface area contributed by atoms with Gasteiger partial charge in [0.1, 0.15) is 23.1 Å². The Hall–Kier alpha value is -2.42. The SMILES string of the molecule is CCCCCCCCC(C(C)=O)c1ccccc1Oc1ccccc1C(CCCCCCCC)C(C)=O. The monoisotopic (exact) mass is 506 g/mol. The van der Waals surface area contributed by atoms with Crippen molar-refractivity contribution in [3.8, 4) is 11.5 Å². The number of benzene rings is 2. The predicted molar refractivity (Wildman–Crippen MR) is 156 cm³/mol. The standard InChI is InChI=1S/C34H50O3/c1-5-7-9-11-13-15-21-29(27(3)35)31-23-17-19-25-33(31)37-34-26-20-18-24-32(34)30(28(4)36)22-16-14-12-10-8-6-2/h17-20,23-26,29-30H,5-16,21-22H2,1-4H3. The number of unbranched alkanes of at least 4 members (excludes halogenated alkanes) is 10. The van der Waals surface area contributed by atoms with Gasteiger partial charge in [-0.3, -0.25) is 9.59 Å². The number of para-hydroxylation sites is 2. The van der Waals surface area contributed by atoms with Gasteiger partial charge in [0.25, 0.3) is 0 Å². The fourth-order valence-corrected chi connectivity index (χ4v) is 5.25. The van der Waals surface area contributed by atoms with Gasteiger partial charge in [0.05, 0.1) is 0 Å². The third-order valence-electron chi connectivity index (χ3n) is 7.48. The maximum Gasteiger partial charge on any atom is 0.137 e. The molecule has 0 N–H and O–H groups in total. The van der Waals surface area contributed by atoms with Gasteiger partial charge in [0.15, 0.2) is 0 Å². The normalized spacial score (nSPS) is 12.8. The Labute approximate surface area is 226 Å². The number of hydrogen-bond acceptors (Lipinski definition) is 3. The molecule has 3 nitrogen and oxygen atoms in total. The Bertz CT molecular complexity index is 857. The van der Waals surface area contributed by atoms with E-state index < -0.39 is 0 Å². The lowest BCUT2D eigenvalue weighted by Crippen LogP contribution is -2.12. The summed E-state index contributed by atoms with van der Waals surface area (Å²) in [5.74, 6) is 1.48. The topological polar surface area (TPSA) is 43.4 Å². The summed E-state index contributed by atoms with van der Waals surface area (Å²) in [4.78, 5) is 25.4. The molecule has 37 heavy (non-hydrogen) atoms. The molecular formula is C34H50O3. The summed E-state index contributed by atoms with van der Waals surface area (Å²) < 4.78 is 6.52. The summed E-state index contributed by atoms with van der Waals surface area (Å²) in [6.45, 7) is 7.85. The van der Waals surface area contributed by atoms with Crippen molar-refractivity contribution in [2.45, 2.75) is 129 Å². The third-order valence-corrected chi connectivity index (χ3v) is 7.48. The van der Waals surface area contributed by atoms with E-state index in [0.717, 1.165) is 61.2 Å². The van der Waals surface area contributed by atoms with Crippen molar-refractivity contribution in [3.05, 3.63) is 59.7 Å². The highest BCUT2D eigenvalue weighted by Gasteiger charge is 2.24. The van der Waals surface area contributed by atoms with Crippen LogP contribution in [0.5, 0.6) is 11.5 Å². The lowest BCUT2D eigenvalue weighted by atomic mass is 9.88. The predicted octanol–water partition coefficient (Wildman–Crippen LogP) is 10.3. The molecule has 2 rings (SSSR count). The summed E-state index contributed by atoms with van der Waals surface area (Å²) in [7, 11) is 0. The fraction of sp³-hybridized carbons (Fsp3) is 0.588. The van der Waals surface area contributed by atoms with Crippen molar-refractivity contribution in [2.75, 3.05) is 0 Å². The van der Waals surface area contributed by atoms with Crippen molar-refractivity contribution in [2.24, 2.45) is 0 Å². The molecule has 0 aromatic heterocycles. The molecule has 2 aromatic carbocycles. The molecule has 0 aliphatic rings. The Morgan fingerprint density at radius 1 is 0.568 bits per heavy atom. The zero-order valence-electron chi connectivity index (χ0n) is 23.9. The highest BCUT2D eigenvalue weighted by molar-refractivity contribution is 5.85. The molecule has 0 heterocycles. The maximum absolute atomic E-state index is 12.7. The average Bonchev–Trinajstić information content (AvgIpc) is 2.88. The Morgan fingerprint density at radius 3 is 1.30 bits per heavy atom. The summed E-state index contributed by atoms with van der Waals surface area (Å²) in [6.07, 6.45) is 16.2. The van der Waals surface area contributed by atoms with E-state index in [9.17, 15) is 9.59 Å².